The van der Waals surface area contributed by atoms with Gasteiger partial charge in [-0.3, -0.25) is 14.7 Å². The van der Waals surface area contributed by atoms with Crippen molar-refractivity contribution in [2.75, 3.05) is 26.2 Å². The molecule has 0 spiro atoms. The molecule has 4 rings (SSSR count). The van der Waals surface area contributed by atoms with Crippen LogP contribution in [0.5, 0.6) is 0 Å². The fourth-order valence-electron chi connectivity index (χ4n) is 4.21. The zero-order chi connectivity index (χ0) is 20.8. The quantitative estimate of drug-likeness (QED) is 0.709. The molecule has 1 aromatic heterocycles. The van der Waals surface area contributed by atoms with E-state index in [9.17, 15) is 18.3 Å². The SMILES string of the molecule is N[C@@H]1C(C(=O)CN2CCC(O)C2)CCN1S(=O)(=O)c1cccc2cncc(Cl)c12. The van der Waals surface area contributed by atoms with E-state index in [-0.39, 0.29) is 28.8 Å². The van der Waals surface area contributed by atoms with Crippen LogP contribution in [0.3, 0.4) is 0 Å². The summed E-state index contributed by atoms with van der Waals surface area (Å²) in [4.78, 5) is 18.7. The van der Waals surface area contributed by atoms with Crippen LogP contribution in [0.25, 0.3) is 10.8 Å². The lowest BCUT2D eigenvalue weighted by Gasteiger charge is -2.25. The molecule has 0 aliphatic carbocycles. The number of nitrogens with two attached hydrogens (primary N) is 1. The van der Waals surface area contributed by atoms with Gasteiger partial charge in [0, 0.05) is 48.7 Å². The molecule has 0 amide bonds. The van der Waals surface area contributed by atoms with Gasteiger partial charge in [-0.05, 0) is 18.9 Å². The van der Waals surface area contributed by atoms with Crippen molar-refractivity contribution in [2.24, 2.45) is 11.7 Å². The molecule has 2 aliphatic rings. The third-order valence-electron chi connectivity index (χ3n) is 5.73. The summed E-state index contributed by atoms with van der Waals surface area (Å²) in [5.74, 6) is -0.668. The van der Waals surface area contributed by atoms with E-state index in [0.717, 1.165) is 0 Å². The number of halogens is 1. The number of ketones is 1. The van der Waals surface area contributed by atoms with Crippen molar-refractivity contribution < 1.29 is 18.3 Å². The van der Waals surface area contributed by atoms with Crippen molar-refractivity contribution in [1.82, 2.24) is 14.2 Å². The summed E-state index contributed by atoms with van der Waals surface area (Å²) >= 11 is 6.24. The van der Waals surface area contributed by atoms with Crippen molar-refractivity contribution in [3.63, 3.8) is 0 Å². The number of likely N-dealkylation sites (tertiary alicyclic amines) is 1. The Balaban J connectivity index is 1.58. The molecule has 1 aromatic carbocycles. The van der Waals surface area contributed by atoms with Crippen LogP contribution in [-0.4, -0.2) is 71.9 Å². The lowest BCUT2D eigenvalue weighted by Crippen LogP contribution is -2.47. The summed E-state index contributed by atoms with van der Waals surface area (Å²) in [7, 11) is -3.95. The summed E-state index contributed by atoms with van der Waals surface area (Å²) in [6.07, 6.45) is 2.62. The Hall–Kier alpha value is -1.62. The Bertz CT molecular complexity index is 1040. The molecule has 0 radical (unpaired) electrons. The normalized spacial score (nSPS) is 26.4. The fourth-order valence-corrected chi connectivity index (χ4v) is 6.34. The van der Waals surface area contributed by atoms with E-state index in [1.807, 2.05) is 4.90 Å². The highest BCUT2D eigenvalue weighted by Crippen LogP contribution is 2.34. The van der Waals surface area contributed by atoms with E-state index >= 15 is 0 Å². The third-order valence-corrected chi connectivity index (χ3v) is 7.96. The van der Waals surface area contributed by atoms with Crippen LogP contribution in [-0.2, 0) is 14.8 Å². The summed E-state index contributed by atoms with van der Waals surface area (Å²) in [6, 6.07) is 4.88. The molecule has 2 unspecified atom stereocenters. The highest BCUT2D eigenvalue weighted by atomic mass is 35.5. The predicted octanol–water partition coefficient (Wildman–Crippen LogP) is 0.819. The molecule has 156 valence electrons. The molecule has 2 aromatic rings. The molecular formula is C19H23ClN4O4S. The van der Waals surface area contributed by atoms with Crippen molar-refractivity contribution in [3.8, 4) is 0 Å². The first-order valence-electron chi connectivity index (χ1n) is 9.52. The number of aliphatic hydroxyl groups excluding tert-OH is 1. The molecule has 0 saturated carbocycles. The second-order valence-corrected chi connectivity index (χ2v) is 9.89. The topological polar surface area (TPSA) is 117 Å². The van der Waals surface area contributed by atoms with Gasteiger partial charge in [0.05, 0.1) is 28.7 Å². The van der Waals surface area contributed by atoms with Crippen molar-refractivity contribution in [1.29, 1.82) is 0 Å². The number of hydrogen-bond donors (Lipinski definition) is 2. The van der Waals surface area contributed by atoms with Gasteiger partial charge in [0.1, 0.15) is 0 Å². The molecule has 8 nitrogen and oxygen atoms in total. The number of pyridine rings is 1. The number of fused-ring (bicyclic) bond motifs is 1. The maximum absolute atomic E-state index is 13.4. The number of carbonyl (C=O) groups excluding carboxylic acids is 1. The standard InChI is InChI=1S/C19H23ClN4O4S/c20-15-9-22-8-12-2-1-3-17(18(12)15)29(27,28)24-7-5-14(19(24)21)16(26)11-23-6-4-13(25)10-23/h1-3,8-9,13-14,19,25H,4-7,10-11,21H2/t13?,14?,19-/m0/s1. The van der Waals surface area contributed by atoms with Crippen molar-refractivity contribution in [2.45, 2.75) is 30.0 Å². The van der Waals surface area contributed by atoms with Gasteiger partial charge in [0.2, 0.25) is 10.0 Å². The lowest BCUT2D eigenvalue weighted by atomic mass is 10.0. The summed E-state index contributed by atoms with van der Waals surface area (Å²) < 4.78 is 28.0. The number of sulfonamides is 1. The fraction of sp³-hybridized carbons (Fsp3) is 0.474. The van der Waals surface area contributed by atoms with Gasteiger partial charge < -0.3 is 10.8 Å². The summed E-state index contributed by atoms with van der Waals surface area (Å²) in [5, 5.41) is 10.9. The number of β-amino-alcohol motifs (C(OH)–C–C–N with tert-alkyl or cyclic N) is 1. The summed E-state index contributed by atoms with van der Waals surface area (Å²) in [6.45, 7) is 1.45. The predicted molar refractivity (Wildman–Crippen MR) is 109 cm³/mol. The Morgan fingerprint density at radius 3 is 2.79 bits per heavy atom. The second-order valence-electron chi connectivity index (χ2n) is 7.62. The number of rotatable bonds is 5. The van der Waals surface area contributed by atoms with Crippen LogP contribution in [0.1, 0.15) is 12.8 Å². The van der Waals surface area contributed by atoms with Gasteiger partial charge in [-0.15, -0.1) is 0 Å². The molecular weight excluding hydrogens is 416 g/mol. The van der Waals surface area contributed by atoms with Gasteiger partial charge >= 0.3 is 0 Å². The number of carbonyl (C=O) groups is 1. The Labute approximate surface area is 174 Å². The van der Waals surface area contributed by atoms with Crippen LogP contribution >= 0.6 is 11.6 Å². The molecule has 2 saturated heterocycles. The van der Waals surface area contributed by atoms with Crippen molar-refractivity contribution >= 4 is 38.2 Å². The van der Waals surface area contributed by atoms with Crippen LogP contribution in [0.2, 0.25) is 5.02 Å². The van der Waals surface area contributed by atoms with Crippen LogP contribution in [0.15, 0.2) is 35.5 Å². The second kappa shape index (κ2) is 7.90. The van der Waals surface area contributed by atoms with Crippen LogP contribution in [0.4, 0.5) is 0 Å². The Morgan fingerprint density at radius 2 is 2.07 bits per heavy atom. The first kappa shape index (κ1) is 20.6. The van der Waals surface area contributed by atoms with Crippen LogP contribution in [0, 0.1) is 5.92 Å². The molecule has 3 N–H and O–H groups in total. The molecule has 29 heavy (non-hydrogen) atoms. The molecule has 2 aliphatic heterocycles. The zero-order valence-corrected chi connectivity index (χ0v) is 17.3. The largest absolute Gasteiger partial charge is 0.392 e. The van der Waals surface area contributed by atoms with E-state index in [4.69, 9.17) is 17.3 Å². The lowest BCUT2D eigenvalue weighted by molar-refractivity contribution is -0.124. The number of hydrogen-bond acceptors (Lipinski definition) is 7. The minimum absolute atomic E-state index is 0.0635. The highest BCUT2D eigenvalue weighted by molar-refractivity contribution is 7.89. The molecule has 2 fully saturated rings. The van der Waals surface area contributed by atoms with Crippen molar-refractivity contribution in [3.05, 3.63) is 35.6 Å². The summed E-state index contributed by atoms with van der Waals surface area (Å²) in [5.41, 5.74) is 6.24. The minimum atomic E-state index is -3.95. The first-order chi connectivity index (χ1) is 13.8. The van der Waals surface area contributed by atoms with E-state index < -0.39 is 28.2 Å². The zero-order valence-electron chi connectivity index (χ0n) is 15.7. The number of aliphatic hydroxyl groups is 1. The Morgan fingerprint density at radius 1 is 1.28 bits per heavy atom. The van der Waals surface area contributed by atoms with E-state index in [1.54, 1.807) is 18.3 Å². The highest BCUT2D eigenvalue weighted by Gasteiger charge is 2.43. The minimum Gasteiger partial charge on any atom is -0.392 e. The maximum atomic E-state index is 13.4. The van der Waals surface area contributed by atoms with E-state index in [0.29, 0.717) is 36.7 Å². The number of Topliss-reactive ketones (excluding diaryl/α,β-unsaturated/α-hetero) is 1. The molecule has 0 bridgehead atoms. The Kier molecular flexibility index (Phi) is 5.62. The monoisotopic (exact) mass is 438 g/mol. The average Bonchev–Trinajstić information content (AvgIpc) is 3.27. The third kappa shape index (κ3) is 3.78. The maximum Gasteiger partial charge on any atom is 0.245 e. The van der Waals surface area contributed by atoms with E-state index in [1.165, 1.54) is 16.6 Å². The van der Waals surface area contributed by atoms with Gasteiger partial charge in [0.25, 0.3) is 0 Å². The molecule has 3 heterocycles. The smallest absolute Gasteiger partial charge is 0.245 e. The molecule has 10 heteroatoms. The first-order valence-corrected chi connectivity index (χ1v) is 11.3. The van der Waals surface area contributed by atoms with Crippen LogP contribution < -0.4 is 5.73 Å². The number of benzene rings is 1. The number of aromatic nitrogens is 1. The number of nitrogens with zero attached hydrogens (tertiary/aromatic N) is 3. The van der Waals surface area contributed by atoms with Gasteiger partial charge in [-0.1, -0.05) is 23.7 Å². The van der Waals surface area contributed by atoms with Gasteiger partial charge in [-0.2, -0.15) is 4.31 Å². The van der Waals surface area contributed by atoms with Gasteiger partial charge in [0.15, 0.2) is 5.78 Å². The van der Waals surface area contributed by atoms with E-state index in [2.05, 4.69) is 4.98 Å². The average molecular weight is 439 g/mol. The van der Waals surface area contributed by atoms with Gasteiger partial charge in [-0.25, -0.2) is 8.42 Å². The molecule has 3 atom stereocenters.